The molecule has 3 rings (SSSR count). The summed E-state index contributed by atoms with van der Waals surface area (Å²) < 4.78 is 17.3. The number of benzene rings is 1. The average molecular weight is 355 g/mol. The molecule has 3 aromatic rings. The normalized spacial score (nSPS) is 10.5. The molecule has 0 radical (unpaired) electrons. The number of halogens is 1. The molecule has 7 nitrogen and oxygen atoms in total. The lowest BCUT2D eigenvalue weighted by Crippen LogP contribution is -2.34. The second-order valence-corrected chi connectivity index (χ2v) is 5.57. The Morgan fingerprint density at radius 2 is 1.77 bits per heavy atom. The summed E-state index contributed by atoms with van der Waals surface area (Å²) in [4.78, 5) is 23.4. The van der Waals surface area contributed by atoms with Crippen molar-refractivity contribution in [2.45, 2.75) is 6.92 Å². The van der Waals surface area contributed by atoms with Crippen LogP contribution in [0.1, 0.15) is 17.3 Å². The molecule has 0 aliphatic carbocycles. The van der Waals surface area contributed by atoms with Crippen LogP contribution < -0.4 is 10.6 Å². The number of carbonyl (C=O) groups excluding carboxylic acids is 2. The van der Waals surface area contributed by atoms with Crippen molar-refractivity contribution in [3.05, 3.63) is 66.4 Å². The van der Waals surface area contributed by atoms with Gasteiger partial charge < -0.3 is 15.2 Å². The summed E-state index contributed by atoms with van der Waals surface area (Å²) in [5.74, 6) is -0.542. The van der Waals surface area contributed by atoms with Gasteiger partial charge in [-0.25, -0.2) is 9.07 Å². The maximum absolute atomic E-state index is 14.2. The van der Waals surface area contributed by atoms with Crippen molar-refractivity contribution in [1.29, 1.82) is 0 Å². The fraction of sp³-hybridized carbons (Fsp3) is 0.167. The second kappa shape index (κ2) is 7.64. The number of para-hydroxylation sites is 1. The predicted octanol–water partition coefficient (Wildman–Crippen LogP) is 1.67. The van der Waals surface area contributed by atoms with Gasteiger partial charge in [0.25, 0.3) is 5.91 Å². The Morgan fingerprint density at radius 3 is 2.46 bits per heavy atom. The summed E-state index contributed by atoms with van der Waals surface area (Å²) in [5, 5.41) is 9.53. The molecule has 0 atom stereocenters. The Bertz CT molecular complexity index is 918. The van der Waals surface area contributed by atoms with Gasteiger partial charge in [0.05, 0.1) is 6.20 Å². The van der Waals surface area contributed by atoms with E-state index in [2.05, 4.69) is 15.7 Å². The summed E-state index contributed by atoms with van der Waals surface area (Å²) in [7, 11) is 0. The third kappa shape index (κ3) is 3.64. The monoisotopic (exact) mass is 355 g/mol. The molecule has 2 N–H and O–H groups in total. The van der Waals surface area contributed by atoms with Crippen molar-refractivity contribution < 1.29 is 14.0 Å². The number of aromatic nitrogens is 3. The molecule has 2 heterocycles. The van der Waals surface area contributed by atoms with Crippen molar-refractivity contribution in [2.75, 3.05) is 13.1 Å². The number of amides is 2. The van der Waals surface area contributed by atoms with E-state index in [0.717, 1.165) is 0 Å². The molecular formula is C18H18FN5O2. The first kappa shape index (κ1) is 17.4. The first-order chi connectivity index (χ1) is 12.6. The van der Waals surface area contributed by atoms with Gasteiger partial charge in [0.2, 0.25) is 5.91 Å². The topological polar surface area (TPSA) is 81.0 Å². The van der Waals surface area contributed by atoms with E-state index in [1.807, 2.05) is 0 Å². The zero-order chi connectivity index (χ0) is 18.5. The van der Waals surface area contributed by atoms with Crippen molar-refractivity contribution in [2.24, 2.45) is 0 Å². The first-order valence-corrected chi connectivity index (χ1v) is 8.07. The highest BCUT2D eigenvalue weighted by Gasteiger charge is 2.20. The van der Waals surface area contributed by atoms with E-state index in [1.54, 1.807) is 47.3 Å². The standard InChI is InChI=1S/C18H18FN5O2/c1-13(25)20-8-9-21-17(26)14-12-22-24(16-7-3-2-6-15(16)19)18(14)23-10-4-5-11-23/h2-7,10-12H,8-9H2,1H3,(H,20,25)(H,21,26). The molecule has 0 fully saturated rings. The summed E-state index contributed by atoms with van der Waals surface area (Å²) in [6, 6.07) is 9.83. The predicted molar refractivity (Wildman–Crippen MR) is 93.9 cm³/mol. The molecule has 8 heteroatoms. The molecule has 0 spiro atoms. The van der Waals surface area contributed by atoms with Gasteiger partial charge in [-0.15, -0.1) is 0 Å². The molecule has 2 aromatic heterocycles. The molecule has 0 unspecified atom stereocenters. The fourth-order valence-electron chi connectivity index (χ4n) is 2.54. The van der Waals surface area contributed by atoms with Crippen LogP contribution in [0.25, 0.3) is 11.5 Å². The molecule has 0 saturated heterocycles. The largest absolute Gasteiger partial charge is 0.355 e. The lowest BCUT2D eigenvalue weighted by atomic mass is 10.2. The average Bonchev–Trinajstić information content (AvgIpc) is 3.27. The number of hydrogen-bond acceptors (Lipinski definition) is 3. The molecule has 0 aliphatic heterocycles. The second-order valence-electron chi connectivity index (χ2n) is 5.57. The summed E-state index contributed by atoms with van der Waals surface area (Å²) >= 11 is 0. The van der Waals surface area contributed by atoms with Crippen molar-refractivity contribution >= 4 is 11.8 Å². The lowest BCUT2D eigenvalue weighted by molar-refractivity contribution is -0.118. The Hall–Kier alpha value is -3.42. The number of rotatable bonds is 6. The highest BCUT2D eigenvalue weighted by molar-refractivity contribution is 5.97. The molecule has 2 amide bonds. The van der Waals surface area contributed by atoms with Crippen LogP contribution in [0.15, 0.2) is 55.0 Å². The van der Waals surface area contributed by atoms with Gasteiger partial charge in [0.15, 0.2) is 5.82 Å². The van der Waals surface area contributed by atoms with Crippen molar-refractivity contribution in [1.82, 2.24) is 25.0 Å². The number of hydrogen-bond donors (Lipinski definition) is 2. The van der Waals surface area contributed by atoms with E-state index in [-0.39, 0.29) is 24.0 Å². The Labute approximate surface area is 149 Å². The van der Waals surface area contributed by atoms with E-state index in [0.29, 0.717) is 17.9 Å². The van der Waals surface area contributed by atoms with Crippen molar-refractivity contribution in [3.63, 3.8) is 0 Å². The van der Waals surface area contributed by atoms with E-state index in [1.165, 1.54) is 23.9 Å². The van der Waals surface area contributed by atoms with Gasteiger partial charge in [-0.3, -0.25) is 9.59 Å². The van der Waals surface area contributed by atoms with Crippen LogP contribution in [-0.2, 0) is 4.79 Å². The van der Waals surface area contributed by atoms with Crippen molar-refractivity contribution in [3.8, 4) is 11.5 Å². The van der Waals surface area contributed by atoms with E-state index < -0.39 is 5.82 Å². The minimum absolute atomic E-state index is 0.167. The molecule has 0 saturated carbocycles. The van der Waals surface area contributed by atoms with Crippen LogP contribution in [0.5, 0.6) is 0 Å². The molecule has 0 aliphatic rings. The van der Waals surface area contributed by atoms with Crippen LogP contribution in [0.3, 0.4) is 0 Å². The zero-order valence-electron chi connectivity index (χ0n) is 14.1. The Morgan fingerprint density at radius 1 is 1.08 bits per heavy atom. The molecule has 26 heavy (non-hydrogen) atoms. The van der Waals surface area contributed by atoms with Gasteiger partial charge in [0, 0.05) is 32.4 Å². The van der Waals surface area contributed by atoms with Gasteiger partial charge in [-0.2, -0.15) is 5.10 Å². The number of carbonyl (C=O) groups is 2. The van der Waals surface area contributed by atoms with Crippen LogP contribution in [-0.4, -0.2) is 39.3 Å². The van der Waals surface area contributed by atoms with Crippen LogP contribution in [0.4, 0.5) is 4.39 Å². The first-order valence-electron chi connectivity index (χ1n) is 8.07. The van der Waals surface area contributed by atoms with Crippen LogP contribution in [0, 0.1) is 5.82 Å². The third-order valence-corrected chi connectivity index (χ3v) is 3.70. The minimum Gasteiger partial charge on any atom is -0.355 e. The third-order valence-electron chi connectivity index (χ3n) is 3.70. The highest BCUT2D eigenvalue weighted by atomic mass is 19.1. The summed E-state index contributed by atoms with van der Waals surface area (Å²) in [5.41, 5.74) is 0.542. The van der Waals surface area contributed by atoms with E-state index >= 15 is 0 Å². The zero-order valence-corrected chi connectivity index (χ0v) is 14.1. The molecule has 134 valence electrons. The smallest absolute Gasteiger partial charge is 0.256 e. The van der Waals surface area contributed by atoms with Crippen LogP contribution in [0.2, 0.25) is 0 Å². The Balaban J connectivity index is 1.93. The molecule has 0 bridgehead atoms. The maximum atomic E-state index is 14.2. The molecular weight excluding hydrogens is 337 g/mol. The van der Waals surface area contributed by atoms with Gasteiger partial charge in [-0.1, -0.05) is 12.1 Å². The summed E-state index contributed by atoms with van der Waals surface area (Å²) in [6.45, 7) is 2.00. The minimum atomic E-state index is -0.443. The van der Waals surface area contributed by atoms with Gasteiger partial charge >= 0.3 is 0 Å². The Kier molecular flexibility index (Phi) is 5.12. The lowest BCUT2D eigenvalue weighted by Gasteiger charge is -2.12. The van der Waals surface area contributed by atoms with E-state index in [9.17, 15) is 14.0 Å². The van der Waals surface area contributed by atoms with Crippen LogP contribution >= 0.6 is 0 Å². The van der Waals surface area contributed by atoms with E-state index in [4.69, 9.17) is 0 Å². The maximum Gasteiger partial charge on any atom is 0.256 e. The summed E-state index contributed by atoms with van der Waals surface area (Å²) in [6.07, 6.45) is 4.90. The van der Waals surface area contributed by atoms with Gasteiger partial charge in [-0.05, 0) is 24.3 Å². The fourth-order valence-corrected chi connectivity index (χ4v) is 2.54. The highest BCUT2D eigenvalue weighted by Crippen LogP contribution is 2.21. The van der Waals surface area contributed by atoms with Gasteiger partial charge in [0.1, 0.15) is 17.1 Å². The number of nitrogens with zero attached hydrogens (tertiary/aromatic N) is 3. The number of nitrogens with one attached hydrogen (secondary N) is 2. The quantitative estimate of drug-likeness (QED) is 0.660. The SMILES string of the molecule is CC(=O)NCCNC(=O)c1cnn(-c2ccccc2F)c1-n1cccc1. The molecule has 1 aromatic carbocycles.